The molecule has 2 aromatic carbocycles. The van der Waals surface area contributed by atoms with E-state index in [9.17, 15) is 4.79 Å². The predicted octanol–water partition coefficient (Wildman–Crippen LogP) is 4.43. The first kappa shape index (κ1) is 19.8. The summed E-state index contributed by atoms with van der Waals surface area (Å²) in [6, 6.07) is 11.8. The van der Waals surface area contributed by atoms with Crippen LogP contribution in [0, 0.1) is 0 Å². The van der Waals surface area contributed by atoms with Crippen LogP contribution in [0.1, 0.15) is 49.1 Å². The Balaban J connectivity index is 1.40. The van der Waals surface area contributed by atoms with E-state index in [-0.39, 0.29) is 24.7 Å². The van der Waals surface area contributed by atoms with Gasteiger partial charge in [0, 0.05) is 23.6 Å². The summed E-state index contributed by atoms with van der Waals surface area (Å²) >= 11 is 0. The molecule has 31 heavy (non-hydrogen) atoms. The minimum atomic E-state index is -0.0382. The number of fused-ring (bicyclic) bond motifs is 1. The lowest BCUT2D eigenvalue weighted by molar-refractivity contribution is -0.118. The monoisotopic (exact) mass is 421 g/mol. The Hall–Kier alpha value is -3.15. The van der Waals surface area contributed by atoms with Gasteiger partial charge >= 0.3 is 0 Å². The first-order valence-electron chi connectivity index (χ1n) is 10.9. The van der Waals surface area contributed by atoms with Crippen LogP contribution >= 0.6 is 0 Å². The smallest absolute Gasteiger partial charge is 0.247 e. The molecule has 1 aliphatic carbocycles. The Kier molecular flexibility index (Phi) is 5.45. The highest BCUT2D eigenvalue weighted by molar-refractivity contribution is 5.99. The second-order valence-corrected chi connectivity index (χ2v) is 8.30. The van der Waals surface area contributed by atoms with Gasteiger partial charge in [0.2, 0.25) is 12.7 Å². The van der Waals surface area contributed by atoms with Crippen molar-refractivity contribution in [2.24, 2.45) is 0 Å². The maximum absolute atomic E-state index is 12.6. The topological polar surface area (TPSA) is 66.0 Å². The van der Waals surface area contributed by atoms with E-state index in [1.54, 1.807) is 7.11 Å². The Morgan fingerprint density at radius 3 is 2.81 bits per heavy atom. The number of amides is 1. The predicted molar refractivity (Wildman–Crippen MR) is 117 cm³/mol. The van der Waals surface area contributed by atoms with E-state index in [2.05, 4.69) is 17.4 Å². The van der Waals surface area contributed by atoms with Crippen LogP contribution in [0.2, 0.25) is 0 Å². The molecule has 5 rings (SSSR count). The zero-order valence-electron chi connectivity index (χ0n) is 17.7. The lowest BCUT2D eigenvalue weighted by atomic mass is 9.87. The largest absolute Gasteiger partial charge is 0.493 e. The standard InChI is InChI=1S/C25H27NO5/c1-28-21-10-9-16(13-23(21)31-20-6-2-3-7-20)19-12-18(25(27)26-14-19)11-17-5-4-8-22-24(17)30-15-29-22/h4-5,8-11,13,19-20H,2-3,6-7,12,14-15H2,1H3,(H,26,27). The number of methoxy groups -OCH3 is 1. The molecule has 1 N–H and O–H groups in total. The molecule has 2 aromatic rings. The van der Waals surface area contributed by atoms with Crippen LogP contribution in [0.25, 0.3) is 6.08 Å². The number of benzene rings is 2. The molecular weight excluding hydrogens is 394 g/mol. The fraction of sp³-hybridized carbons (Fsp3) is 0.400. The van der Waals surface area contributed by atoms with Crippen molar-refractivity contribution in [3.05, 3.63) is 53.1 Å². The molecule has 0 bridgehead atoms. The molecule has 2 heterocycles. The molecule has 0 spiro atoms. The first-order chi connectivity index (χ1) is 15.2. The third kappa shape index (κ3) is 4.07. The van der Waals surface area contributed by atoms with E-state index >= 15 is 0 Å². The number of nitrogens with one attached hydrogen (secondary N) is 1. The van der Waals surface area contributed by atoms with Crippen LogP contribution in [0.3, 0.4) is 0 Å². The summed E-state index contributed by atoms with van der Waals surface area (Å²) in [6.07, 6.45) is 7.42. The normalized spacial score (nSPS) is 21.9. The van der Waals surface area contributed by atoms with Gasteiger partial charge in [-0.05, 0) is 61.9 Å². The van der Waals surface area contributed by atoms with Crippen molar-refractivity contribution in [3.8, 4) is 23.0 Å². The number of carbonyl (C=O) groups is 1. The zero-order chi connectivity index (χ0) is 21.2. The quantitative estimate of drug-likeness (QED) is 0.724. The molecule has 3 aliphatic rings. The van der Waals surface area contributed by atoms with Crippen LogP contribution in [-0.2, 0) is 4.79 Å². The average Bonchev–Trinajstić information content (AvgIpc) is 3.48. The van der Waals surface area contributed by atoms with Gasteiger partial charge in [-0.2, -0.15) is 0 Å². The number of piperidine rings is 1. The summed E-state index contributed by atoms with van der Waals surface area (Å²) in [5.41, 5.74) is 2.73. The van der Waals surface area contributed by atoms with E-state index < -0.39 is 0 Å². The second kappa shape index (κ2) is 8.53. The molecule has 2 fully saturated rings. The van der Waals surface area contributed by atoms with Crippen molar-refractivity contribution in [1.29, 1.82) is 0 Å². The summed E-state index contributed by atoms with van der Waals surface area (Å²) in [5, 5.41) is 3.04. The van der Waals surface area contributed by atoms with Gasteiger partial charge in [0.15, 0.2) is 23.0 Å². The van der Waals surface area contributed by atoms with E-state index in [0.29, 0.717) is 24.5 Å². The third-order valence-corrected chi connectivity index (χ3v) is 6.28. The van der Waals surface area contributed by atoms with Crippen molar-refractivity contribution in [1.82, 2.24) is 5.32 Å². The van der Waals surface area contributed by atoms with Crippen LogP contribution in [-0.4, -0.2) is 32.5 Å². The number of rotatable bonds is 5. The number of hydrogen-bond acceptors (Lipinski definition) is 5. The molecule has 1 atom stereocenters. The highest BCUT2D eigenvalue weighted by Crippen LogP contribution is 2.39. The molecule has 1 saturated heterocycles. The number of para-hydroxylation sites is 1. The third-order valence-electron chi connectivity index (χ3n) is 6.28. The Morgan fingerprint density at radius 1 is 1.10 bits per heavy atom. The van der Waals surface area contributed by atoms with E-state index in [1.165, 1.54) is 12.8 Å². The van der Waals surface area contributed by atoms with E-state index in [1.807, 2.05) is 30.3 Å². The van der Waals surface area contributed by atoms with Crippen molar-refractivity contribution in [2.45, 2.75) is 44.1 Å². The molecular formula is C25H27NO5. The van der Waals surface area contributed by atoms with Crippen LogP contribution in [0.15, 0.2) is 42.0 Å². The van der Waals surface area contributed by atoms with Gasteiger partial charge < -0.3 is 24.3 Å². The maximum atomic E-state index is 12.6. The van der Waals surface area contributed by atoms with Crippen molar-refractivity contribution < 1.29 is 23.7 Å². The van der Waals surface area contributed by atoms with Gasteiger partial charge in [0.25, 0.3) is 0 Å². The Labute approximate surface area is 182 Å². The molecule has 0 radical (unpaired) electrons. The van der Waals surface area contributed by atoms with Crippen molar-refractivity contribution >= 4 is 12.0 Å². The fourth-order valence-electron chi connectivity index (χ4n) is 4.60. The Bertz CT molecular complexity index is 1010. The zero-order valence-corrected chi connectivity index (χ0v) is 17.7. The van der Waals surface area contributed by atoms with Gasteiger partial charge in [-0.3, -0.25) is 4.79 Å². The summed E-state index contributed by atoms with van der Waals surface area (Å²) in [5.74, 6) is 3.08. The maximum Gasteiger partial charge on any atom is 0.247 e. The molecule has 2 aliphatic heterocycles. The molecule has 1 amide bonds. The van der Waals surface area contributed by atoms with Gasteiger partial charge in [0.05, 0.1) is 13.2 Å². The van der Waals surface area contributed by atoms with Crippen LogP contribution in [0.4, 0.5) is 0 Å². The lowest BCUT2D eigenvalue weighted by Gasteiger charge is -2.26. The van der Waals surface area contributed by atoms with Crippen LogP contribution in [0.5, 0.6) is 23.0 Å². The van der Waals surface area contributed by atoms with Gasteiger partial charge in [0.1, 0.15) is 0 Å². The SMILES string of the molecule is COc1ccc(C2CNC(=O)C(=Cc3cccc4c3OCO4)C2)cc1OC1CCCC1. The summed E-state index contributed by atoms with van der Waals surface area (Å²) in [6.45, 7) is 0.803. The lowest BCUT2D eigenvalue weighted by Crippen LogP contribution is -2.35. The van der Waals surface area contributed by atoms with Gasteiger partial charge in [-0.1, -0.05) is 18.2 Å². The van der Waals surface area contributed by atoms with E-state index in [0.717, 1.165) is 41.0 Å². The molecule has 162 valence electrons. The summed E-state index contributed by atoms with van der Waals surface area (Å²) in [7, 11) is 1.67. The highest BCUT2D eigenvalue weighted by Gasteiger charge is 2.27. The minimum absolute atomic E-state index is 0.0382. The number of hydrogen-bond donors (Lipinski definition) is 1. The van der Waals surface area contributed by atoms with Gasteiger partial charge in [-0.15, -0.1) is 0 Å². The summed E-state index contributed by atoms with van der Waals surface area (Å²) in [4.78, 5) is 12.6. The summed E-state index contributed by atoms with van der Waals surface area (Å²) < 4.78 is 22.8. The molecule has 6 nitrogen and oxygen atoms in total. The fourth-order valence-corrected chi connectivity index (χ4v) is 4.60. The first-order valence-corrected chi connectivity index (χ1v) is 10.9. The minimum Gasteiger partial charge on any atom is -0.493 e. The van der Waals surface area contributed by atoms with E-state index in [4.69, 9.17) is 18.9 Å². The molecule has 1 unspecified atom stereocenters. The van der Waals surface area contributed by atoms with Crippen molar-refractivity contribution in [3.63, 3.8) is 0 Å². The molecule has 1 saturated carbocycles. The molecule has 0 aromatic heterocycles. The highest BCUT2D eigenvalue weighted by atomic mass is 16.7. The second-order valence-electron chi connectivity index (χ2n) is 8.30. The van der Waals surface area contributed by atoms with Gasteiger partial charge in [-0.25, -0.2) is 0 Å². The number of ether oxygens (including phenoxy) is 4. The molecule has 6 heteroatoms. The average molecular weight is 421 g/mol. The van der Waals surface area contributed by atoms with Crippen LogP contribution < -0.4 is 24.3 Å². The Morgan fingerprint density at radius 2 is 1.97 bits per heavy atom. The number of carbonyl (C=O) groups excluding carboxylic acids is 1. The van der Waals surface area contributed by atoms with Crippen molar-refractivity contribution in [2.75, 3.05) is 20.4 Å².